The molecule has 2 aromatic rings. The van der Waals surface area contributed by atoms with Gasteiger partial charge in [0.15, 0.2) is 0 Å². The van der Waals surface area contributed by atoms with Gasteiger partial charge in [-0.05, 0) is 24.8 Å². The Kier molecular flexibility index (Phi) is 3.15. The first-order valence-corrected chi connectivity index (χ1v) is 6.46. The number of aromatic nitrogens is 2. The highest BCUT2D eigenvalue weighted by Gasteiger charge is 2.26. The van der Waals surface area contributed by atoms with Crippen molar-refractivity contribution in [3.8, 4) is 11.4 Å². The van der Waals surface area contributed by atoms with Crippen LogP contribution in [0.15, 0.2) is 27.5 Å². The highest BCUT2D eigenvalue weighted by atomic mass is 16.5. The van der Waals surface area contributed by atoms with Crippen LogP contribution >= 0.6 is 0 Å². The quantitative estimate of drug-likeness (QED) is 0.902. The van der Waals surface area contributed by atoms with Crippen molar-refractivity contribution in [2.45, 2.75) is 38.1 Å². The van der Waals surface area contributed by atoms with Gasteiger partial charge in [0.2, 0.25) is 11.7 Å². The Morgan fingerprint density at radius 1 is 1.28 bits per heavy atom. The number of hydrogen-bond acceptors (Lipinski definition) is 5. The van der Waals surface area contributed by atoms with Crippen molar-refractivity contribution in [3.63, 3.8) is 0 Å². The van der Waals surface area contributed by atoms with E-state index in [0.29, 0.717) is 17.6 Å². The topological polar surface area (TPSA) is 78.1 Å². The number of hydrogen-bond donors (Lipinski definition) is 1. The van der Waals surface area contributed by atoms with Crippen LogP contribution in [0.1, 0.15) is 44.0 Å². The van der Waals surface area contributed by atoms with Gasteiger partial charge in [-0.3, -0.25) is 0 Å². The largest absolute Gasteiger partial charge is 0.472 e. The van der Waals surface area contributed by atoms with Gasteiger partial charge in [-0.2, -0.15) is 4.98 Å². The van der Waals surface area contributed by atoms with Gasteiger partial charge in [0.25, 0.3) is 0 Å². The van der Waals surface area contributed by atoms with E-state index in [0.717, 1.165) is 18.4 Å². The third-order valence-electron chi connectivity index (χ3n) is 3.66. The molecule has 96 valence electrons. The van der Waals surface area contributed by atoms with Gasteiger partial charge in [-0.1, -0.05) is 24.4 Å². The highest BCUT2D eigenvalue weighted by molar-refractivity contribution is 5.51. The van der Waals surface area contributed by atoms with Crippen molar-refractivity contribution in [2.75, 3.05) is 0 Å². The lowest BCUT2D eigenvalue weighted by atomic mass is 9.84. The molecule has 1 fully saturated rings. The van der Waals surface area contributed by atoms with E-state index in [4.69, 9.17) is 14.7 Å². The summed E-state index contributed by atoms with van der Waals surface area (Å²) < 4.78 is 10.3. The molecule has 3 rings (SSSR count). The zero-order chi connectivity index (χ0) is 12.4. The molecule has 0 saturated heterocycles. The SMILES string of the molecule is NC(c1nc(-c2ccoc2)no1)C1CCCCC1. The molecule has 1 aliphatic carbocycles. The number of rotatable bonds is 3. The van der Waals surface area contributed by atoms with E-state index in [-0.39, 0.29) is 6.04 Å². The standard InChI is InChI=1S/C13H17N3O2/c14-11(9-4-2-1-3-5-9)13-15-12(16-18-13)10-6-7-17-8-10/h6-9,11H,1-5,14H2. The maximum Gasteiger partial charge on any atom is 0.244 e. The van der Waals surface area contributed by atoms with Crippen molar-refractivity contribution < 1.29 is 8.94 Å². The van der Waals surface area contributed by atoms with E-state index >= 15 is 0 Å². The average Bonchev–Trinajstić information content (AvgIpc) is 3.09. The first-order valence-electron chi connectivity index (χ1n) is 6.46. The predicted molar refractivity (Wildman–Crippen MR) is 65.5 cm³/mol. The molecule has 1 atom stereocenters. The van der Waals surface area contributed by atoms with Crippen LogP contribution in [0.5, 0.6) is 0 Å². The Labute approximate surface area is 105 Å². The summed E-state index contributed by atoms with van der Waals surface area (Å²) in [5.74, 6) is 1.56. The minimum absolute atomic E-state index is 0.140. The van der Waals surface area contributed by atoms with Gasteiger partial charge in [0.1, 0.15) is 6.26 Å². The number of nitrogens with two attached hydrogens (primary N) is 1. The van der Waals surface area contributed by atoms with Gasteiger partial charge in [-0.15, -0.1) is 0 Å². The van der Waals surface area contributed by atoms with Crippen molar-refractivity contribution in [3.05, 3.63) is 24.5 Å². The van der Waals surface area contributed by atoms with Crippen LogP contribution in [0.4, 0.5) is 0 Å². The summed E-state index contributed by atoms with van der Waals surface area (Å²) in [5.41, 5.74) is 7.04. The summed E-state index contributed by atoms with van der Waals surface area (Å²) in [6.45, 7) is 0. The van der Waals surface area contributed by atoms with E-state index < -0.39 is 0 Å². The normalized spacial score (nSPS) is 18.9. The summed E-state index contributed by atoms with van der Waals surface area (Å²) in [6.07, 6.45) is 9.32. The van der Waals surface area contributed by atoms with Gasteiger partial charge in [-0.25, -0.2) is 0 Å². The summed E-state index contributed by atoms with van der Waals surface area (Å²) in [4.78, 5) is 4.37. The lowest BCUT2D eigenvalue weighted by Crippen LogP contribution is -2.23. The van der Waals surface area contributed by atoms with Crippen LogP contribution < -0.4 is 5.73 Å². The molecule has 0 bridgehead atoms. The van der Waals surface area contributed by atoms with Crippen molar-refractivity contribution >= 4 is 0 Å². The van der Waals surface area contributed by atoms with Crippen LogP contribution in [-0.4, -0.2) is 10.1 Å². The van der Waals surface area contributed by atoms with Crippen molar-refractivity contribution in [1.29, 1.82) is 0 Å². The van der Waals surface area contributed by atoms with E-state index in [1.54, 1.807) is 18.6 Å². The summed E-state index contributed by atoms with van der Waals surface area (Å²) in [7, 11) is 0. The van der Waals surface area contributed by atoms with Gasteiger partial charge >= 0.3 is 0 Å². The zero-order valence-electron chi connectivity index (χ0n) is 10.2. The second-order valence-corrected chi connectivity index (χ2v) is 4.89. The van der Waals surface area contributed by atoms with Gasteiger partial charge in [0.05, 0.1) is 17.9 Å². The predicted octanol–water partition coefficient (Wildman–Crippen LogP) is 2.91. The minimum atomic E-state index is -0.140. The molecule has 1 saturated carbocycles. The first kappa shape index (κ1) is 11.5. The van der Waals surface area contributed by atoms with E-state index in [1.165, 1.54) is 19.3 Å². The minimum Gasteiger partial charge on any atom is -0.472 e. The van der Waals surface area contributed by atoms with Crippen LogP contribution in [0.3, 0.4) is 0 Å². The molecular weight excluding hydrogens is 230 g/mol. The summed E-state index contributed by atoms with van der Waals surface area (Å²) >= 11 is 0. The fourth-order valence-corrected chi connectivity index (χ4v) is 2.57. The zero-order valence-corrected chi connectivity index (χ0v) is 10.2. The smallest absolute Gasteiger partial charge is 0.244 e. The molecule has 1 aliphatic rings. The fourth-order valence-electron chi connectivity index (χ4n) is 2.57. The number of nitrogens with zero attached hydrogens (tertiary/aromatic N) is 2. The van der Waals surface area contributed by atoms with Crippen LogP contribution in [0.25, 0.3) is 11.4 Å². The van der Waals surface area contributed by atoms with E-state index in [2.05, 4.69) is 10.1 Å². The molecule has 2 aromatic heterocycles. The van der Waals surface area contributed by atoms with Crippen LogP contribution in [-0.2, 0) is 0 Å². The van der Waals surface area contributed by atoms with Gasteiger partial charge in [0, 0.05) is 0 Å². The van der Waals surface area contributed by atoms with Crippen molar-refractivity contribution in [1.82, 2.24) is 10.1 Å². The maximum atomic E-state index is 6.22. The third kappa shape index (κ3) is 2.18. The molecular formula is C13H17N3O2. The van der Waals surface area contributed by atoms with E-state index in [9.17, 15) is 0 Å². The molecule has 0 aromatic carbocycles. The molecule has 18 heavy (non-hydrogen) atoms. The Balaban J connectivity index is 1.76. The molecule has 0 amide bonds. The Hall–Kier alpha value is -1.62. The Morgan fingerprint density at radius 2 is 2.11 bits per heavy atom. The lowest BCUT2D eigenvalue weighted by Gasteiger charge is -2.24. The molecule has 2 heterocycles. The molecule has 0 aliphatic heterocycles. The van der Waals surface area contributed by atoms with Crippen molar-refractivity contribution in [2.24, 2.45) is 11.7 Å². The first-order chi connectivity index (χ1) is 8.84. The maximum absolute atomic E-state index is 6.22. The highest BCUT2D eigenvalue weighted by Crippen LogP contribution is 2.32. The summed E-state index contributed by atoms with van der Waals surface area (Å²) in [6, 6.07) is 1.67. The fraction of sp³-hybridized carbons (Fsp3) is 0.538. The average molecular weight is 247 g/mol. The summed E-state index contributed by atoms with van der Waals surface area (Å²) in [5, 5.41) is 3.95. The Morgan fingerprint density at radius 3 is 2.83 bits per heavy atom. The lowest BCUT2D eigenvalue weighted by molar-refractivity contribution is 0.255. The van der Waals surface area contributed by atoms with Crippen LogP contribution in [0.2, 0.25) is 0 Å². The molecule has 0 radical (unpaired) electrons. The van der Waals surface area contributed by atoms with Crippen LogP contribution in [0, 0.1) is 5.92 Å². The van der Waals surface area contributed by atoms with E-state index in [1.807, 2.05) is 0 Å². The monoisotopic (exact) mass is 247 g/mol. The Bertz CT molecular complexity index is 486. The molecule has 1 unspecified atom stereocenters. The molecule has 2 N–H and O–H groups in total. The second kappa shape index (κ2) is 4.94. The molecule has 5 nitrogen and oxygen atoms in total. The number of furan rings is 1. The second-order valence-electron chi connectivity index (χ2n) is 4.89. The third-order valence-corrected chi connectivity index (χ3v) is 3.66. The molecule has 5 heteroatoms. The molecule has 0 spiro atoms. The van der Waals surface area contributed by atoms with Gasteiger partial charge < -0.3 is 14.7 Å².